The van der Waals surface area contributed by atoms with Crippen LogP contribution in [0.15, 0.2) is 29.2 Å². The van der Waals surface area contributed by atoms with Crippen molar-refractivity contribution in [2.24, 2.45) is 5.92 Å². The Morgan fingerprint density at radius 2 is 1.89 bits per heavy atom. The third kappa shape index (κ3) is 6.82. The van der Waals surface area contributed by atoms with Gasteiger partial charge in [-0.25, -0.2) is 4.79 Å². The van der Waals surface area contributed by atoms with Gasteiger partial charge in [-0.3, -0.25) is 9.59 Å². The van der Waals surface area contributed by atoms with E-state index in [0.717, 1.165) is 25.7 Å². The summed E-state index contributed by atoms with van der Waals surface area (Å²) in [5, 5.41) is 5.06. The molecule has 0 spiro atoms. The van der Waals surface area contributed by atoms with Gasteiger partial charge >= 0.3 is 5.97 Å². The number of anilines is 1. The maximum absolute atomic E-state index is 12.6. The zero-order valence-electron chi connectivity index (χ0n) is 14.9. The highest BCUT2D eigenvalue weighted by atomic mass is 32.2. The summed E-state index contributed by atoms with van der Waals surface area (Å²) in [6.45, 7) is 0.759. The van der Waals surface area contributed by atoms with Crippen LogP contribution in [0.5, 0.6) is 0 Å². The first-order valence-electron chi connectivity index (χ1n) is 8.64. The predicted molar refractivity (Wildman–Crippen MR) is 97.5 cm³/mol. The Balaban J connectivity index is 1.92. The van der Waals surface area contributed by atoms with Crippen LogP contribution < -0.4 is 10.6 Å². The highest BCUT2D eigenvalue weighted by Crippen LogP contribution is 2.31. The molecule has 0 aliphatic heterocycles. The summed E-state index contributed by atoms with van der Waals surface area (Å²) < 4.78 is 30.2. The first-order valence-corrected chi connectivity index (χ1v) is 9.52. The van der Waals surface area contributed by atoms with Crippen molar-refractivity contribution in [3.63, 3.8) is 0 Å². The lowest BCUT2D eigenvalue weighted by atomic mass is 9.98. The lowest BCUT2D eigenvalue weighted by Crippen LogP contribution is -2.46. The van der Waals surface area contributed by atoms with Crippen molar-refractivity contribution in [2.45, 2.75) is 49.3 Å². The number of rotatable bonds is 8. The monoisotopic (exact) mass is 400 g/mol. The van der Waals surface area contributed by atoms with Gasteiger partial charge in [-0.2, -0.15) is 8.78 Å². The van der Waals surface area contributed by atoms with Crippen LogP contribution in [-0.2, 0) is 19.1 Å². The van der Waals surface area contributed by atoms with Gasteiger partial charge in [0.2, 0.25) is 5.91 Å². The van der Waals surface area contributed by atoms with Crippen molar-refractivity contribution < 1.29 is 27.9 Å². The van der Waals surface area contributed by atoms with Gasteiger partial charge in [0, 0.05) is 11.8 Å². The van der Waals surface area contributed by atoms with Crippen molar-refractivity contribution in [1.29, 1.82) is 0 Å². The summed E-state index contributed by atoms with van der Waals surface area (Å²) in [7, 11) is 0. The molecule has 2 rings (SSSR count). The zero-order chi connectivity index (χ0) is 19.8. The number of ether oxygens (including phenoxy) is 1. The number of benzene rings is 1. The standard InChI is InChI=1S/C18H22F2N2O4S/c1-11(23)21-16(12-6-2-3-7-12)17(25)26-10-15(24)22-13-8-4-5-9-14(13)27-18(19)20/h4-5,8-9,12,16,18H,2-3,6-7,10H2,1H3,(H,21,23)(H,22,24). The highest BCUT2D eigenvalue weighted by molar-refractivity contribution is 7.99. The largest absolute Gasteiger partial charge is 0.454 e. The number of halogens is 2. The molecular formula is C18H22F2N2O4S. The molecule has 1 aromatic carbocycles. The average molecular weight is 400 g/mol. The minimum atomic E-state index is -2.62. The summed E-state index contributed by atoms with van der Waals surface area (Å²) in [5.41, 5.74) is 0.220. The van der Waals surface area contributed by atoms with Crippen molar-refractivity contribution in [3.05, 3.63) is 24.3 Å². The van der Waals surface area contributed by atoms with Crippen molar-refractivity contribution >= 4 is 35.2 Å². The molecule has 148 valence electrons. The lowest BCUT2D eigenvalue weighted by Gasteiger charge is -2.22. The third-order valence-electron chi connectivity index (χ3n) is 4.21. The first-order chi connectivity index (χ1) is 12.9. The van der Waals surface area contributed by atoms with Gasteiger partial charge in [0.25, 0.3) is 11.7 Å². The van der Waals surface area contributed by atoms with Crippen LogP contribution in [0.25, 0.3) is 0 Å². The molecular weight excluding hydrogens is 378 g/mol. The van der Waals surface area contributed by atoms with Gasteiger partial charge < -0.3 is 15.4 Å². The van der Waals surface area contributed by atoms with E-state index in [4.69, 9.17) is 4.74 Å². The number of nitrogens with one attached hydrogen (secondary N) is 2. The summed E-state index contributed by atoms with van der Waals surface area (Å²) >= 11 is 0.317. The second-order valence-electron chi connectivity index (χ2n) is 6.25. The van der Waals surface area contributed by atoms with Crippen LogP contribution in [0.1, 0.15) is 32.6 Å². The SMILES string of the molecule is CC(=O)NC(C(=O)OCC(=O)Nc1ccccc1SC(F)F)C1CCCC1. The predicted octanol–water partition coefficient (Wildman–Crippen LogP) is 3.18. The smallest absolute Gasteiger partial charge is 0.329 e. The van der Waals surface area contributed by atoms with Crippen LogP contribution >= 0.6 is 11.8 Å². The fourth-order valence-corrected chi connectivity index (χ4v) is 3.66. The summed E-state index contributed by atoms with van der Waals surface area (Å²) in [6.07, 6.45) is 3.58. The molecule has 0 heterocycles. The fraction of sp³-hybridized carbons (Fsp3) is 0.500. The maximum atomic E-state index is 12.6. The Labute approximate surface area is 160 Å². The third-order valence-corrected chi connectivity index (χ3v) is 4.99. The van der Waals surface area contributed by atoms with E-state index in [0.29, 0.717) is 11.8 Å². The van der Waals surface area contributed by atoms with Crippen molar-refractivity contribution in [2.75, 3.05) is 11.9 Å². The molecule has 1 fully saturated rings. The Bertz CT molecular complexity index is 681. The molecule has 6 nitrogen and oxygen atoms in total. The van der Waals surface area contributed by atoms with E-state index in [9.17, 15) is 23.2 Å². The van der Waals surface area contributed by atoms with Crippen molar-refractivity contribution in [1.82, 2.24) is 5.32 Å². The van der Waals surface area contributed by atoms with E-state index in [1.165, 1.54) is 19.1 Å². The number of hydrogen-bond donors (Lipinski definition) is 2. The molecule has 1 aliphatic rings. The molecule has 1 saturated carbocycles. The van der Waals surface area contributed by atoms with Crippen molar-refractivity contribution in [3.8, 4) is 0 Å². The van der Waals surface area contributed by atoms with Crippen LogP contribution in [0.4, 0.5) is 14.5 Å². The minimum Gasteiger partial charge on any atom is -0.454 e. The summed E-state index contributed by atoms with van der Waals surface area (Å²) in [5.74, 6) is -4.27. The average Bonchev–Trinajstić information content (AvgIpc) is 3.13. The second kappa shape index (κ2) is 10.2. The molecule has 0 bridgehead atoms. The Morgan fingerprint density at radius 3 is 2.52 bits per heavy atom. The quantitative estimate of drug-likeness (QED) is 0.517. The molecule has 0 saturated heterocycles. The van der Waals surface area contributed by atoms with Crippen LogP contribution in [-0.4, -0.2) is 36.2 Å². The molecule has 0 aromatic heterocycles. The minimum absolute atomic E-state index is 0.00682. The molecule has 9 heteroatoms. The number of alkyl halides is 2. The Morgan fingerprint density at radius 1 is 1.22 bits per heavy atom. The van der Waals surface area contributed by atoms with Crippen LogP contribution in [0.3, 0.4) is 0 Å². The van der Waals surface area contributed by atoms with Gasteiger partial charge in [-0.05, 0) is 30.9 Å². The van der Waals surface area contributed by atoms with E-state index in [2.05, 4.69) is 10.6 Å². The normalized spacial score (nSPS) is 15.4. The first kappa shape index (κ1) is 21.1. The lowest BCUT2D eigenvalue weighted by molar-refractivity contribution is -0.152. The number of carbonyl (C=O) groups is 3. The van der Waals surface area contributed by atoms with Gasteiger partial charge in [0.15, 0.2) is 6.61 Å². The molecule has 1 atom stereocenters. The number of esters is 1. The van der Waals surface area contributed by atoms with Gasteiger partial charge in [-0.1, -0.05) is 36.7 Å². The molecule has 0 radical (unpaired) electrons. The number of para-hydroxylation sites is 1. The van der Waals surface area contributed by atoms with Crippen LogP contribution in [0, 0.1) is 5.92 Å². The molecule has 2 amide bonds. The molecule has 27 heavy (non-hydrogen) atoms. The number of amides is 2. The number of thioether (sulfide) groups is 1. The molecule has 1 aromatic rings. The van der Waals surface area contributed by atoms with Gasteiger partial charge in [0.05, 0.1) is 5.69 Å². The zero-order valence-corrected chi connectivity index (χ0v) is 15.7. The topological polar surface area (TPSA) is 84.5 Å². The number of hydrogen-bond acceptors (Lipinski definition) is 5. The van der Waals surface area contributed by atoms with Gasteiger partial charge in [-0.15, -0.1) is 0 Å². The number of carbonyl (C=O) groups excluding carboxylic acids is 3. The van der Waals surface area contributed by atoms with E-state index in [1.807, 2.05) is 0 Å². The second-order valence-corrected chi connectivity index (χ2v) is 7.29. The Kier molecular flexibility index (Phi) is 8.02. The van der Waals surface area contributed by atoms with E-state index in [-0.39, 0.29) is 22.4 Å². The molecule has 2 N–H and O–H groups in total. The van der Waals surface area contributed by atoms with E-state index < -0.39 is 30.3 Å². The van der Waals surface area contributed by atoms with Crippen LogP contribution in [0.2, 0.25) is 0 Å². The summed E-state index contributed by atoms with van der Waals surface area (Å²) in [6, 6.07) is 5.36. The maximum Gasteiger partial charge on any atom is 0.329 e. The Hall–Kier alpha value is -2.16. The van der Waals surface area contributed by atoms with E-state index >= 15 is 0 Å². The van der Waals surface area contributed by atoms with Gasteiger partial charge in [0.1, 0.15) is 6.04 Å². The summed E-state index contributed by atoms with van der Waals surface area (Å²) in [4.78, 5) is 35.9. The van der Waals surface area contributed by atoms with E-state index in [1.54, 1.807) is 12.1 Å². The highest BCUT2D eigenvalue weighted by Gasteiger charge is 2.32. The fourth-order valence-electron chi connectivity index (χ4n) is 3.06. The molecule has 1 unspecified atom stereocenters. The molecule has 1 aliphatic carbocycles.